The number of halogens is 1. The zero-order valence-corrected chi connectivity index (χ0v) is 13.7. The second kappa shape index (κ2) is 7.36. The first-order chi connectivity index (χ1) is 11.6. The summed E-state index contributed by atoms with van der Waals surface area (Å²) in [6.07, 6.45) is 0.221. The molecule has 3 rings (SSSR count). The summed E-state index contributed by atoms with van der Waals surface area (Å²) in [4.78, 5) is 25.8. The average Bonchev–Trinajstić information content (AvgIpc) is 2.74. The number of hydrogen-bond acceptors (Lipinski definition) is 4. The van der Waals surface area contributed by atoms with Crippen molar-refractivity contribution in [1.29, 1.82) is 0 Å². The molecule has 0 spiro atoms. The summed E-state index contributed by atoms with van der Waals surface area (Å²) in [5.41, 5.74) is 1.42. The van der Waals surface area contributed by atoms with Crippen molar-refractivity contribution in [2.75, 3.05) is 18.1 Å². The number of fused-ring (bicyclic) bond motifs is 1. The monoisotopic (exact) mass is 345 g/mol. The predicted octanol–water partition coefficient (Wildman–Crippen LogP) is 3.20. The Balaban J connectivity index is 1.66. The summed E-state index contributed by atoms with van der Waals surface area (Å²) in [6.45, 7) is 0.287. The minimum absolute atomic E-state index is 0.135. The van der Waals surface area contributed by atoms with E-state index >= 15 is 0 Å². The molecule has 1 aliphatic rings. The number of nitrogens with zero attached hydrogens (tertiary/aromatic N) is 1. The first kappa shape index (κ1) is 16.3. The van der Waals surface area contributed by atoms with Gasteiger partial charge in [-0.25, -0.2) is 0 Å². The third kappa shape index (κ3) is 3.86. The molecule has 0 unspecified atom stereocenters. The van der Waals surface area contributed by atoms with Crippen LogP contribution in [0.1, 0.15) is 12.0 Å². The molecular weight excluding hydrogens is 330 g/mol. The molecular formula is C18H16ClNO4. The van der Waals surface area contributed by atoms with Crippen LogP contribution in [0.15, 0.2) is 48.5 Å². The SMILES string of the molecule is O=C(CN1C(=O)CCOc2ccccc21)OCc1ccc(Cl)cc1. The Kier molecular flexibility index (Phi) is 5.01. The Morgan fingerprint density at radius 2 is 1.92 bits per heavy atom. The molecule has 0 saturated carbocycles. The molecule has 1 heterocycles. The lowest BCUT2D eigenvalue weighted by atomic mass is 10.2. The summed E-state index contributed by atoms with van der Waals surface area (Å²) >= 11 is 5.82. The van der Waals surface area contributed by atoms with Gasteiger partial charge >= 0.3 is 5.97 Å². The highest BCUT2D eigenvalue weighted by Gasteiger charge is 2.25. The number of hydrogen-bond donors (Lipinski definition) is 0. The fourth-order valence-corrected chi connectivity index (χ4v) is 2.54. The van der Waals surface area contributed by atoms with Gasteiger partial charge in [-0.05, 0) is 29.8 Å². The van der Waals surface area contributed by atoms with Crippen LogP contribution in [0.3, 0.4) is 0 Å². The predicted molar refractivity (Wildman–Crippen MR) is 90.2 cm³/mol. The first-order valence-electron chi connectivity index (χ1n) is 7.56. The summed E-state index contributed by atoms with van der Waals surface area (Å²) < 4.78 is 10.8. The van der Waals surface area contributed by atoms with Crippen molar-refractivity contribution in [2.45, 2.75) is 13.0 Å². The van der Waals surface area contributed by atoms with Gasteiger partial charge in [-0.2, -0.15) is 0 Å². The Labute approximate surface area is 144 Å². The zero-order chi connectivity index (χ0) is 16.9. The van der Waals surface area contributed by atoms with Crippen LogP contribution < -0.4 is 9.64 Å². The molecule has 1 aliphatic heterocycles. The van der Waals surface area contributed by atoms with E-state index in [1.165, 1.54) is 4.90 Å². The molecule has 0 atom stereocenters. The lowest BCUT2D eigenvalue weighted by molar-refractivity contribution is -0.144. The van der Waals surface area contributed by atoms with E-state index in [4.69, 9.17) is 21.1 Å². The summed E-state index contributed by atoms with van der Waals surface area (Å²) in [5, 5.41) is 0.622. The normalized spacial score (nSPS) is 13.7. The Morgan fingerprint density at radius 3 is 2.71 bits per heavy atom. The van der Waals surface area contributed by atoms with Crippen LogP contribution >= 0.6 is 11.6 Å². The maximum Gasteiger partial charge on any atom is 0.326 e. The van der Waals surface area contributed by atoms with Gasteiger partial charge < -0.3 is 9.47 Å². The molecule has 0 saturated heterocycles. The van der Waals surface area contributed by atoms with Crippen LogP contribution in [0, 0.1) is 0 Å². The number of amides is 1. The second-order valence-corrected chi connectivity index (χ2v) is 5.77. The zero-order valence-electron chi connectivity index (χ0n) is 12.9. The van der Waals surface area contributed by atoms with Gasteiger partial charge in [-0.1, -0.05) is 35.9 Å². The second-order valence-electron chi connectivity index (χ2n) is 5.33. The number of carbonyl (C=O) groups is 2. The standard InChI is InChI=1S/C18H16ClNO4/c19-14-7-5-13(6-8-14)12-24-18(22)11-20-15-3-1-2-4-16(15)23-10-9-17(20)21/h1-8H,9-12H2. The molecule has 124 valence electrons. The molecule has 1 amide bonds. The largest absolute Gasteiger partial charge is 0.491 e. The van der Waals surface area contributed by atoms with Gasteiger partial charge in [0, 0.05) is 5.02 Å². The molecule has 0 aromatic heterocycles. The van der Waals surface area contributed by atoms with E-state index in [1.54, 1.807) is 42.5 Å². The van der Waals surface area contributed by atoms with Crippen molar-refractivity contribution in [1.82, 2.24) is 0 Å². The number of carbonyl (C=O) groups excluding carboxylic acids is 2. The maximum absolute atomic E-state index is 12.2. The Morgan fingerprint density at radius 1 is 1.17 bits per heavy atom. The lowest BCUT2D eigenvalue weighted by Gasteiger charge is -2.20. The quantitative estimate of drug-likeness (QED) is 0.798. The molecule has 6 heteroatoms. The van der Waals surface area contributed by atoms with E-state index in [2.05, 4.69) is 0 Å². The molecule has 0 aliphatic carbocycles. The molecule has 0 bridgehead atoms. The highest BCUT2D eigenvalue weighted by Crippen LogP contribution is 2.30. The number of rotatable bonds is 4. The lowest BCUT2D eigenvalue weighted by Crippen LogP contribution is -2.36. The molecule has 24 heavy (non-hydrogen) atoms. The third-order valence-corrected chi connectivity index (χ3v) is 3.88. The van der Waals surface area contributed by atoms with Crippen molar-refractivity contribution in [2.24, 2.45) is 0 Å². The summed E-state index contributed by atoms with van der Waals surface area (Å²) in [5.74, 6) is -0.0488. The van der Waals surface area contributed by atoms with Crippen LogP contribution in [-0.4, -0.2) is 25.0 Å². The summed E-state index contributed by atoms with van der Waals surface area (Å²) in [7, 11) is 0. The van der Waals surface area contributed by atoms with E-state index in [0.717, 1.165) is 5.56 Å². The molecule has 5 nitrogen and oxygen atoms in total. The van der Waals surface area contributed by atoms with Gasteiger partial charge in [-0.3, -0.25) is 14.5 Å². The van der Waals surface area contributed by atoms with Crippen molar-refractivity contribution in [3.05, 3.63) is 59.1 Å². The molecule has 0 N–H and O–H groups in total. The van der Waals surface area contributed by atoms with E-state index in [1.807, 2.05) is 6.07 Å². The minimum atomic E-state index is -0.477. The van der Waals surface area contributed by atoms with Gasteiger partial charge in [0.2, 0.25) is 5.91 Å². The van der Waals surface area contributed by atoms with Crippen molar-refractivity contribution < 1.29 is 19.1 Å². The number of esters is 1. The van der Waals surface area contributed by atoms with Gasteiger partial charge in [0.15, 0.2) is 0 Å². The van der Waals surface area contributed by atoms with Crippen molar-refractivity contribution in [3.8, 4) is 5.75 Å². The van der Waals surface area contributed by atoms with Crippen molar-refractivity contribution >= 4 is 29.2 Å². The number of benzene rings is 2. The number of para-hydroxylation sites is 2. The molecule has 2 aromatic rings. The van der Waals surface area contributed by atoms with Gasteiger partial charge in [-0.15, -0.1) is 0 Å². The molecule has 0 radical (unpaired) electrons. The molecule has 2 aromatic carbocycles. The maximum atomic E-state index is 12.2. The van der Waals surface area contributed by atoms with Gasteiger partial charge in [0.25, 0.3) is 0 Å². The van der Waals surface area contributed by atoms with Crippen LogP contribution in [0.4, 0.5) is 5.69 Å². The van der Waals surface area contributed by atoms with E-state index in [-0.39, 0.29) is 25.5 Å². The topological polar surface area (TPSA) is 55.8 Å². The van der Waals surface area contributed by atoms with Crippen LogP contribution in [0.5, 0.6) is 5.75 Å². The molecule has 0 fully saturated rings. The minimum Gasteiger partial charge on any atom is -0.491 e. The third-order valence-electron chi connectivity index (χ3n) is 3.63. The fourth-order valence-electron chi connectivity index (χ4n) is 2.41. The van der Waals surface area contributed by atoms with Crippen molar-refractivity contribution in [3.63, 3.8) is 0 Å². The van der Waals surface area contributed by atoms with E-state index in [9.17, 15) is 9.59 Å². The van der Waals surface area contributed by atoms with Gasteiger partial charge in [0.05, 0.1) is 18.7 Å². The van der Waals surface area contributed by atoms with Crippen LogP contribution in [-0.2, 0) is 20.9 Å². The van der Waals surface area contributed by atoms with Gasteiger partial charge in [0.1, 0.15) is 18.9 Å². The smallest absolute Gasteiger partial charge is 0.326 e. The first-order valence-corrected chi connectivity index (χ1v) is 7.93. The highest BCUT2D eigenvalue weighted by atomic mass is 35.5. The van der Waals surface area contributed by atoms with E-state index < -0.39 is 5.97 Å². The summed E-state index contributed by atoms with van der Waals surface area (Å²) in [6, 6.07) is 14.2. The Bertz CT molecular complexity index is 745. The van der Waals surface area contributed by atoms with Crippen LogP contribution in [0.2, 0.25) is 5.02 Å². The number of ether oxygens (including phenoxy) is 2. The average molecular weight is 346 g/mol. The van der Waals surface area contributed by atoms with E-state index in [0.29, 0.717) is 23.1 Å². The fraction of sp³-hybridized carbons (Fsp3) is 0.222. The Hall–Kier alpha value is -2.53. The highest BCUT2D eigenvalue weighted by molar-refractivity contribution is 6.30. The number of anilines is 1. The van der Waals surface area contributed by atoms with Crippen LogP contribution in [0.25, 0.3) is 0 Å².